The molecule has 24 heavy (non-hydrogen) atoms. The molecule has 2 aromatic carbocycles. The van der Waals surface area contributed by atoms with Crippen molar-refractivity contribution >= 4 is 23.1 Å². The largest absolute Gasteiger partial charge is 0.378 e. The first-order valence-electron chi connectivity index (χ1n) is 7.54. The molecule has 5 heteroatoms. The van der Waals surface area contributed by atoms with Gasteiger partial charge in [0.25, 0.3) is 5.91 Å². The molecule has 1 atom stereocenters. The van der Waals surface area contributed by atoms with Gasteiger partial charge in [-0.2, -0.15) is 0 Å². The highest BCUT2D eigenvalue weighted by atomic mass is 16.3. The number of hydrogen-bond donors (Lipinski definition) is 3. The molecule has 0 aliphatic carbocycles. The predicted molar refractivity (Wildman–Crippen MR) is 94.0 cm³/mol. The van der Waals surface area contributed by atoms with Crippen molar-refractivity contribution in [3.8, 4) is 0 Å². The molecule has 5 nitrogen and oxygen atoms in total. The van der Waals surface area contributed by atoms with Gasteiger partial charge in [0.05, 0.1) is 11.9 Å². The fourth-order valence-corrected chi connectivity index (χ4v) is 2.21. The number of hydrogen-bond acceptors (Lipinski definition) is 4. The van der Waals surface area contributed by atoms with Crippen molar-refractivity contribution in [2.75, 3.05) is 10.6 Å². The van der Waals surface area contributed by atoms with Gasteiger partial charge in [-0.25, -0.2) is 4.98 Å². The minimum absolute atomic E-state index is 0.494. The van der Waals surface area contributed by atoms with Crippen LogP contribution in [0.3, 0.4) is 0 Å². The monoisotopic (exact) mass is 319 g/mol. The van der Waals surface area contributed by atoms with Crippen LogP contribution in [0.15, 0.2) is 79.0 Å². The molecule has 0 fully saturated rings. The molecule has 1 amide bonds. The standard InChI is InChI=1S/C19H17N3O2/c23-18(14-7-3-1-4-8-14)19(24)22-16-11-12-17(20-13-16)21-15-9-5-2-6-10-15/h1-13,18,23H,(H,20,21)(H,22,24). The summed E-state index contributed by atoms with van der Waals surface area (Å²) in [4.78, 5) is 16.3. The van der Waals surface area contributed by atoms with Gasteiger partial charge in [-0.05, 0) is 29.8 Å². The van der Waals surface area contributed by atoms with E-state index in [4.69, 9.17) is 0 Å². The SMILES string of the molecule is O=C(Nc1ccc(Nc2ccccc2)nc1)C(O)c1ccccc1. The molecule has 0 spiro atoms. The first kappa shape index (κ1) is 15.7. The Morgan fingerprint density at radius 3 is 2.17 bits per heavy atom. The second-order valence-corrected chi connectivity index (χ2v) is 5.23. The average molecular weight is 319 g/mol. The highest BCUT2D eigenvalue weighted by Gasteiger charge is 2.17. The first-order chi connectivity index (χ1) is 11.7. The summed E-state index contributed by atoms with van der Waals surface area (Å²) >= 11 is 0. The van der Waals surface area contributed by atoms with Crippen molar-refractivity contribution in [1.29, 1.82) is 0 Å². The summed E-state index contributed by atoms with van der Waals surface area (Å²) < 4.78 is 0. The Bertz CT molecular complexity index is 790. The van der Waals surface area contributed by atoms with Gasteiger partial charge in [0, 0.05) is 5.69 Å². The van der Waals surface area contributed by atoms with Crippen LogP contribution in [-0.2, 0) is 4.79 Å². The lowest BCUT2D eigenvalue weighted by molar-refractivity contribution is -0.124. The van der Waals surface area contributed by atoms with Crippen molar-refractivity contribution < 1.29 is 9.90 Å². The second-order valence-electron chi connectivity index (χ2n) is 5.23. The van der Waals surface area contributed by atoms with Crippen LogP contribution in [-0.4, -0.2) is 16.0 Å². The number of rotatable bonds is 5. The van der Waals surface area contributed by atoms with Crippen molar-refractivity contribution in [2.24, 2.45) is 0 Å². The Labute approximate surface area is 140 Å². The minimum atomic E-state index is -1.21. The molecule has 0 saturated carbocycles. The molecule has 120 valence electrons. The number of carbonyl (C=O) groups excluding carboxylic acids is 1. The number of nitrogens with zero attached hydrogens (tertiary/aromatic N) is 1. The maximum absolute atomic E-state index is 12.1. The van der Waals surface area contributed by atoms with E-state index in [2.05, 4.69) is 15.6 Å². The molecule has 3 aromatic rings. The summed E-state index contributed by atoms with van der Waals surface area (Å²) in [6.45, 7) is 0. The minimum Gasteiger partial charge on any atom is -0.378 e. The summed E-state index contributed by atoms with van der Waals surface area (Å²) in [5.74, 6) is 0.176. The maximum atomic E-state index is 12.1. The Morgan fingerprint density at radius 2 is 1.54 bits per heavy atom. The number of nitrogens with one attached hydrogen (secondary N) is 2. The van der Waals surface area contributed by atoms with Crippen LogP contribution in [0, 0.1) is 0 Å². The number of aliphatic hydroxyl groups is 1. The molecule has 0 aliphatic rings. The van der Waals surface area contributed by atoms with Crippen molar-refractivity contribution in [3.63, 3.8) is 0 Å². The van der Waals surface area contributed by atoms with E-state index in [1.54, 1.807) is 42.6 Å². The summed E-state index contributed by atoms with van der Waals surface area (Å²) in [6.07, 6.45) is 0.328. The van der Waals surface area contributed by atoms with Gasteiger partial charge >= 0.3 is 0 Å². The van der Waals surface area contributed by atoms with Gasteiger partial charge in [0.1, 0.15) is 5.82 Å². The second kappa shape index (κ2) is 7.39. The zero-order valence-electron chi connectivity index (χ0n) is 12.9. The molecule has 3 N–H and O–H groups in total. The van der Waals surface area contributed by atoms with Crippen LogP contribution in [0.25, 0.3) is 0 Å². The van der Waals surface area contributed by atoms with Crippen molar-refractivity contribution in [3.05, 3.63) is 84.6 Å². The quantitative estimate of drug-likeness (QED) is 0.673. The third-order valence-corrected chi connectivity index (χ3v) is 3.44. The van der Waals surface area contributed by atoms with E-state index >= 15 is 0 Å². The number of aliphatic hydroxyl groups excluding tert-OH is 1. The van der Waals surface area contributed by atoms with E-state index in [0.717, 1.165) is 5.69 Å². The lowest BCUT2D eigenvalue weighted by atomic mass is 10.1. The predicted octanol–water partition coefficient (Wildman–Crippen LogP) is 3.50. The van der Waals surface area contributed by atoms with Gasteiger partial charge in [-0.15, -0.1) is 0 Å². The van der Waals surface area contributed by atoms with Crippen LogP contribution in [0.4, 0.5) is 17.2 Å². The number of pyridine rings is 1. The fourth-order valence-electron chi connectivity index (χ4n) is 2.21. The number of anilines is 3. The average Bonchev–Trinajstić information content (AvgIpc) is 2.64. The third-order valence-electron chi connectivity index (χ3n) is 3.44. The molecule has 3 rings (SSSR count). The Kier molecular flexibility index (Phi) is 4.84. The van der Waals surface area contributed by atoms with Gasteiger partial charge < -0.3 is 15.7 Å². The zero-order valence-corrected chi connectivity index (χ0v) is 12.9. The van der Waals surface area contributed by atoms with E-state index in [-0.39, 0.29) is 0 Å². The normalized spacial score (nSPS) is 11.5. The molecule has 1 unspecified atom stereocenters. The lowest BCUT2D eigenvalue weighted by Gasteiger charge is -2.12. The van der Waals surface area contributed by atoms with Crippen LogP contribution >= 0.6 is 0 Å². The number of benzene rings is 2. The summed E-state index contributed by atoms with van der Waals surface area (Å²) in [7, 11) is 0. The lowest BCUT2D eigenvalue weighted by Crippen LogP contribution is -2.20. The topological polar surface area (TPSA) is 74.2 Å². The highest BCUT2D eigenvalue weighted by molar-refractivity contribution is 5.94. The molecular weight excluding hydrogens is 302 g/mol. The van der Waals surface area contributed by atoms with Crippen molar-refractivity contribution in [1.82, 2.24) is 4.98 Å². The molecule has 1 heterocycles. The molecule has 1 aromatic heterocycles. The van der Waals surface area contributed by atoms with Crippen LogP contribution < -0.4 is 10.6 Å². The molecular formula is C19H17N3O2. The number of para-hydroxylation sites is 1. The van der Waals surface area contributed by atoms with Crippen LogP contribution in [0.1, 0.15) is 11.7 Å². The van der Waals surface area contributed by atoms with Gasteiger partial charge in [0.15, 0.2) is 6.10 Å². The van der Waals surface area contributed by atoms with E-state index in [1.807, 2.05) is 36.4 Å². The summed E-state index contributed by atoms with van der Waals surface area (Å²) in [6, 6.07) is 22.0. The van der Waals surface area contributed by atoms with Gasteiger partial charge in [-0.3, -0.25) is 4.79 Å². The van der Waals surface area contributed by atoms with Gasteiger partial charge in [0.2, 0.25) is 0 Å². The smallest absolute Gasteiger partial charge is 0.257 e. The third kappa shape index (κ3) is 3.97. The summed E-state index contributed by atoms with van der Waals surface area (Å²) in [5, 5.41) is 15.9. The molecule has 0 radical (unpaired) electrons. The Hall–Kier alpha value is -3.18. The van der Waals surface area contributed by atoms with E-state index in [9.17, 15) is 9.90 Å². The van der Waals surface area contributed by atoms with Crippen LogP contribution in [0.5, 0.6) is 0 Å². The maximum Gasteiger partial charge on any atom is 0.257 e. The first-order valence-corrected chi connectivity index (χ1v) is 7.54. The molecule has 0 aliphatic heterocycles. The van der Waals surface area contributed by atoms with E-state index in [1.165, 1.54) is 0 Å². The number of amides is 1. The summed E-state index contributed by atoms with van der Waals surface area (Å²) in [5.41, 5.74) is 2.00. The molecule has 0 saturated heterocycles. The number of carbonyl (C=O) groups is 1. The Balaban J connectivity index is 1.62. The highest BCUT2D eigenvalue weighted by Crippen LogP contribution is 2.18. The van der Waals surface area contributed by atoms with Crippen LogP contribution in [0.2, 0.25) is 0 Å². The van der Waals surface area contributed by atoms with Gasteiger partial charge in [-0.1, -0.05) is 48.5 Å². The molecule has 0 bridgehead atoms. The number of aromatic nitrogens is 1. The zero-order chi connectivity index (χ0) is 16.8. The van der Waals surface area contributed by atoms with E-state index < -0.39 is 12.0 Å². The van der Waals surface area contributed by atoms with Crippen molar-refractivity contribution in [2.45, 2.75) is 6.10 Å². The Morgan fingerprint density at radius 1 is 0.875 bits per heavy atom. The fraction of sp³-hybridized carbons (Fsp3) is 0.0526. The van der Waals surface area contributed by atoms with E-state index in [0.29, 0.717) is 17.1 Å².